The molecule has 0 heterocycles. The van der Waals surface area contributed by atoms with Crippen molar-refractivity contribution in [3.8, 4) is 5.75 Å². The van der Waals surface area contributed by atoms with Gasteiger partial charge in [0.1, 0.15) is 11.3 Å². The predicted octanol–water partition coefficient (Wildman–Crippen LogP) is 3.41. The van der Waals surface area contributed by atoms with Gasteiger partial charge in [-0.1, -0.05) is 37.3 Å². The van der Waals surface area contributed by atoms with E-state index in [-0.39, 0.29) is 5.91 Å². The second-order valence-electron chi connectivity index (χ2n) is 5.07. The summed E-state index contributed by atoms with van der Waals surface area (Å²) in [5.74, 6) is -0.346. The Morgan fingerprint density at radius 3 is 2.33 bits per heavy atom. The summed E-state index contributed by atoms with van der Waals surface area (Å²) in [5.41, 5.74) is 0.855. The maximum atomic E-state index is 12.4. The molecule has 1 unspecified atom stereocenters. The van der Waals surface area contributed by atoms with Crippen LogP contribution in [0.25, 0.3) is 0 Å². The van der Waals surface area contributed by atoms with E-state index >= 15 is 0 Å². The predicted molar refractivity (Wildman–Crippen MR) is 91.0 cm³/mol. The third-order valence-corrected chi connectivity index (χ3v) is 3.35. The molecule has 0 bridgehead atoms. The van der Waals surface area contributed by atoms with Crippen molar-refractivity contribution in [2.45, 2.75) is 26.5 Å². The summed E-state index contributed by atoms with van der Waals surface area (Å²) in [6.45, 7) is 4.13. The van der Waals surface area contributed by atoms with Gasteiger partial charge in [0.2, 0.25) is 0 Å². The Hall–Kier alpha value is -2.82. The van der Waals surface area contributed by atoms with E-state index in [0.29, 0.717) is 29.9 Å². The maximum absolute atomic E-state index is 12.4. The Balaban J connectivity index is 2.05. The lowest BCUT2D eigenvalue weighted by molar-refractivity contribution is 0.0203. The number of amides is 1. The third kappa shape index (κ3) is 4.59. The van der Waals surface area contributed by atoms with Crippen LogP contribution in [0.4, 0.5) is 0 Å². The van der Waals surface area contributed by atoms with Crippen molar-refractivity contribution in [2.75, 3.05) is 6.61 Å². The number of hydrogen-bond acceptors (Lipinski definition) is 4. The van der Waals surface area contributed by atoms with Crippen molar-refractivity contribution < 1.29 is 19.1 Å². The molecular formula is C19H21NO4. The van der Waals surface area contributed by atoms with Crippen LogP contribution in [0, 0.1) is 0 Å². The van der Waals surface area contributed by atoms with E-state index in [9.17, 15) is 9.59 Å². The number of carbonyl (C=O) groups is 2. The average molecular weight is 327 g/mol. The fourth-order valence-electron chi connectivity index (χ4n) is 2.14. The number of hydrogen-bond donors (Lipinski definition) is 1. The molecular weight excluding hydrogens is 306 g/mol. The smallest absolute Gasteiger partial charge is 0.343 e. The van der Waals surface area contributed by atoms with E-state index in [0.717, 1.165) is 0 Å². The lowest BCUT2D eigenvalue weighted by atomic mass is 10.2. The Kier molecular flexibility index (Phi) is 6.37. The van der Waals surface area contributed by atoms with E-state index in [1.165, 1.54) is 0 Å². The molecule has 0 aliphatic rings. The van der Waals surface area contributed by atoms with Crippen molar-refractivity contribution >= 4 is 11.9 Å². The lowest BCUT2D eigenvalue weighted by Crippen LogP contribution is -2.38. The summed E-state index contributed by atoms with van der Waals surface area (Å²) < 4.78 is 10.8. The fourth-order valence-corrected chi connectivity index (χ4v) is 2.14. The summed E-state index contributed by atoms with van der Waals surface area (Å²) in [5, 5.41) is 2.71. The zero-order valence-electron chi connectivity index (χ0n) is 13.8. The molecule has 1 atom stereocenters. The highest BCUT2D eigenvalue weighted by Gasteiger charge is 2.20. The molecule has 2 aromatic carbocycles. The molecule has 0 radical (unpaired) electrons. The monoisotopic (exact) mass is 327 g/mol. The lowest BCUT2D eigenvalue weighted by Gasteiger charge is -2.18. The van der Waals surface area contributed by atoms with Crippen molar-refractivity contribution in [2.24, 2.45) is 0 Å². The number of ether oxygens (including phenoxy) is 2. The molecule has 0 spiro atoms. The molecule has 5 heteroatoms. The molecule has 0 saturated carbocycles. The van der Waals surface area contributed by atoms with Crippen LogP contribution in [-0.2, 0) is 4.74 Å². The Morgan fingerprint density at radius 1 is 1.00 bits per heavy atom. The highest BCUT2D eigenvalue weighted by molar-refractivity contribution is 5.95. The highest BCUT2D eigenvalue weighted by atomic mass is 16.6. The first-order chi connectivity index (χ1) is 11.7. The molecule has 2 rings (SSSR count). The summed E-state index contributed by atoms with van der Waals surface area (Å²) in [4.78, 5) is 24.5. The summed E-state index contributed by atoms with van der Waals surface area (Å²) in [6, 6.07) is 15.7. The van der Waals surface area contributed by atoms with Crippen LogP contribution in [0.15, 0.2) is 54.6 Å². The van der Waals surface area contributed by atoms with Crippen LogP contribution in [0.3, 0.4) is 0 Å². The Morgan fingerprint density at radius 2 is 1.67 bits per heavy atom. The molecule has 5 nitrogen and oxygen atoms in total. The number of rotatable bonds is 7. The molecule has 0 aliphatic heterocycles. The third-order valence-electron chi connectivity index (χ3n) is 3.35. The molecule has 126 valence electrons. The quantitative estimate of drug-likeness (QED) is 0.625. The first kappa shape index (κ1) is 17.5. The first-order valence-corrected chi connectivity index (χ1v) is 7.94. The van der Waals surface area contributed by atoms with Crippen molar-refractivity contribution in [3.05, 3.63) is 65.7 Å². The first-order valence-electron chi connectivity index (χ1n) is 7.94. The topological polar surface area (TPSA) is 64.6 Å². The van der Waals surface area contributed by atoms with E-state index in [1.54, 1.807) is 48.5 Å². The molecule has 0 saturated heterocycles. The van der Waals surface area contributed by atoms with Crippen LogP contribution >= 0.6 is 0 Å². The van der Waals surface area contributed by atoms with Gasteiger partial charge in [0, 0.05) is 12.0 Å². The molecule has 0 aliphatic carbocycles. The Labute approximate surface area is 141 Å². The van der Waals surface area contributed by atoms with E-state index < -0.39 is 12.2 Å². The molecule has 0 fully saturated rings. The highest BCUT2D eigenvalue weighted by Crippen LogP contribution is 2.19. The number of esters is 1. The Bertz CT molecular complexity index is 685. The van der Waals surface area contributed by atoms with Crippen molar-refractivity contribution in [1.29, 1.82) is 0 Å². The maximum Gasteiger partial charge on any atom is 0.343 e. The standard InChI is InChI=1S/C19H21NO4/c1-3-17(20-18(21)14-10-6-5-7-11-14)24-19(22)15-12-8-9-13-16(15)23-4-2/h5-13,17H,3-4H2,1-2H3,(H,20,21). The van der Waals surface area contributed by atoms with Gasteiger partial charge < -0.3 is 14.8 Å². The number of benzene rings is 2. The number of para-hydroxylation sites is 1. The van der Waals surface area contributed by atoms with Gasteiger partial charge in [0.15, 0.2) is 6.23 Å². The van der Waals surface area contributed by atoms with Crippen molar-refractivity contribution in [1.82, 2.24) is 5.32 Å². The van der Waals surface area contributed by atoms with Gasteiger partial charge >= 0.3 is 5.97 Å². The normalized spacial score (nSPS) is 11.4. The van der Waals surface area contributed by atoms with Gasteiger partial charge in [-0.25, -0.2) is 4.79 Å². The van der Waals surface area contributed by atoms with Crippen LogP contribution in [0.5, 0.6) is 5.75 Å². The molecule has 0 aromatic heterocycles. The zero-order chi connectivity index (χ0) is 17.4. The summed E-state index contributed by atoms with van der Waals surface area (Å²) in [6.07, 6.45) is -0.249. The molecule has 1 amide bonds. The zero-order valence-corrected chi connectivity index (χ0v) is 13.8. The van der Waals surface area contributed by atoms with Gasteiger partial charge in [-0.05, 0) is 31.2 Å². The minimum Gasteiger partial charge on any atom is -0.493 e. The van der Waals surface area contributed by atoms with Crippen LogP contribution in [0.2, 0.25) is 0 Å². The minimum atomic E-state index is -0.708. The number of nitrogens with one attached hydrogen (secondary N) is 1. The molecule has 24 heavy (non-hydrogen) atoms. The van der Waals surface area contributed by atoms with Crippen LogP contribution in [-0.4, -0.2) is 24.7 Å². The minimum absolute atomic E-state index is 0.284. The average Bonchev–Trinajstić information content (AvgIpc) is 2.62. The second-order valence-corrected chi connectivity index (χ2v) is 5.07. The largest absolute Gasteiger partial charge is 0.493 e. The van der Waals surface area contributed by atoms with Crippen molar-refractivity contribution in [3.63, 3.8) is 0 Å². The molecule has 1 N–H and O–H groups in total. The van der Waals surface area contributed by atoms with E-state index in [1.807, 2.05) is 19.9 Å². The van der Waals surface area contributed by atoms with Gasteiger partial charge in [0.05, 0.1) is 6.61 Å². The molecule has 2 aromatic rings. The van der Waals surface area contributed by atoms with Gasteiger partial charge in [-0.2, -0.15) is 0 Å². The van der Waals surface area contributed by atoms with Gasteiger partial charge in [-0.3, -0.25) is 4.79 Å². The second kappa shape index (κ2) is 8.72. The SMILES string of the molecule is CCOc1ccccc1C(=O)OC(CC)NC(=O)c1ccccc1. The van der Waals surface area contributed by atoms with Crippen LogP contribution < -0.4 is 10.1 Å². The summed E-state index contributed by atoms with van der Waals surface area (Å²) >= 11 is 0. The van der Waals surface area contributed by atoms with Gasteiger partial charge in [0.25, 0.3) is 5.91 Å². The van der Waals surface area contributed by atoms with Gasteiger partial charge in [-0.15, -0.1) is 0 Å². The van der Waals surface area contributed by atoms with Crippen LogP contribution in [0.1, 0.15) is 41.0 Å². The fraction of sp³-hybridized carbons (Fsp3) is 0.263. The summed E-state index contributed by atoms with van der Waals surface area (Å²) in [7, 11) is 0. The van der Waals surface area contributed by atoms with E-state index in [4.69, 9.17) is 9.47 Å². The number of carbonyl (C=O) groups excluding carboxylic acids is 2. The van der Waals surface area contributed by atoms with E-state index in [2.05, 4.69) is 5.32 Å².